The van der Waals surface area contributed by atoms with Crippen LogP contribution in [0.3, 0.4) is 0 Å². The zero-order chi connectivity index (χ0) is 12.4. The summed E-state index contributed by atoms with van der Waals surface area (Å²) < 4.78 is 26.1. The van der Waals surface area contributed by atoms with E-state index in [2.05, 4.69) is 0 Å². The Kier molecular flexibility index (Phi) is 3.20. The molecule has 2 aromatic carbocycles. The molecule has 0 amide bonds. The topological polar surface area (TPSA) is 17.1 Å². The van der Waals surface area contributed by atoms with Gasteiger partial charge in [0.05, 0.1) is 0 Å². The second kappa shape index (κ2) is 4.63. The van der Waals surface area contributed by atoms with Crippen LogP contribution in [0, 0.1) is 11.6 Å². The SMILES string of the molecule is O=Cc1cc(F)ccc1-c1cc(F)ccc1Cl. The second-order valence-corrected chi connectivity index (χ2v) is 3.88. The monoisotopic (exact) mass is 252 g/mol. The van der Waals surface area contributed by atoms with Gasteiger partial charge in [0.15, 0.2) is 6.29 Å². The number of halogens is 3. The number of hydrogen-bond acceptors (Lipinski definition) is 1. The lowest BCUT2D eigenvalue weighted by molar-refractivity contribution is 0.112. The molecule has 1 nitrogen and oxygen atoms in total. The molecule has 2 aromatic rings. The van der Waals surface area contributed by atoms with Gasteiger partial charge in [-0.2, -0.15) is 0 Å². The minimum absolute atomic E-state index is 0.137. The Morgan fingerprint density at radius 1 is 0.941 bits per heavy atom. The van der Waals surface area contributed by atoms with Crippen LogP contribution < -0.4 is 0 Å². The van der Waals surface area contributed by atoms with Crippen molar-refractivity contribution in [1.29, 1.82) is 0 Å². The van der Waals surface area contributed by atoms with Crippen LogP contribution in [0.2, 0.25) is 5.02 Å². The number of rotatable bonds is 2. The number of benzene rings is 2. The van der Waals surface area contributed by atoms with Crippen LogP contribution >= 0.6 is 11.6 Å². The van der Waals surface area contributed by atoms with Crippen molar-refractivity contribution >= 4 is 17.9 Å². The van der Waals surface area contributed by atoms with Crippen molar-refractivity contribution in [2.75, 3.05) is 0 Å². The first-order valence-electron chi connectivity index (χ1n) is 4.82. The predicted octanol–water partition coefficient (Wildman–Crippen LogP) is 4.10. The molecule has 0 saturated heterocycles. The van der Waals surface area contributed by atoms with Crippen LogP contribution in [0.5, 0.6) is 0 Å². The smallest absolute Gasteiger partial charge is 0.150 e. The molecule has 0 spiro atoms. The zero-order valence-corrected chi connectivity index (χ0v) is 9.34. The Hall–Kier alpha value is -1.74. The van der Waals surface area contributed by atoms with E-state index in [1.165, 1.54) is 30.3 Å². The average Bonchev–Trinajstić information content (AvgIpc) is 2.32. The summed E-state index contributed by atoms with van der Waals surface area (Å²) in [6.45, 7) is 0. The highest BCUT2D eigenvalue weighted by molar-refractivity contribution is 6.33. The maximum Gasteiger partial charge on any atom is 0.150 e. The molecule has 0 heterocycles. The van der Waals surface area contributed by atoms with Gasteiger partial charge in [0.2, 0.25) is 0 Å². The van der Waals surface area contributed by atoms with Gasteiger partial charge in [-0.05, 0) is 35.9 Å². The van der Waals surface area contributed by atoms with Gasteiger partial charge < -0.3 is 0 Å². The highest BCUT2D eigenvalue weighted by Gasteiger charge is 2.10. The summed E-state index contributed by atoms with van der Waals surface area (Å²) in [5.74, 6) is -0.992. The largest absolute Gasteiger partial charge is 0.298 e. The van der Waals surface area contributed by atoms with E-state index in [9.17, 15) is 13.6 Å². The summed E-state index contributed by atoms with van der Waals surface area (Å²) in [5.41, 5.74) is 0.914. The minimum Gasteiger partial charge on any atom is -0.298 e. The summed E-state index contributed by atoms with van der Waals surface area (Å²) >= 11 is 5.92. The Labute approximate surface area is 102 Å². The van der Waals surface area contributed by atoms with Crippen LogP contribution in [-0.4, -0.2) is 6.29 Å². The standard InChI is InChI=1S/C13H7ClF2O/c14-13-4-2-10(16)6-12(13)11-3-1-9(15)5-8(11)7-17/h1-7H. The van der Waals surface area contributed by atoms with Gasteiger partial charge in [0.25, 0.3) is 0 Å². The third kappa shape index (κ3) is 2.34. The highest BCUT2D eigenvalue weighted by atomic mass is 35.5. The molecular weight excluding hydrogens is 246 g/mol. The maximum atomic E-state index is 13.1. The van der Waals surface area contributed by atoms with Crippen LogP contribution in [-0.2, 0) is 0 Å². The fourth-order valence-corrected chi connectivity index (χ4v) is 1.80. The van der Waals surface area contributed by atoms with Crippen molar-refractivity contribution in [3.63, 3.8) is 0 Å². The molecule has 0 unspecified atom stereocenters. The third-order valence-electron chi connectivity index (χ3n) is 2.36. The van der Waals surface area contributed by atoms with E-state index in [-0.39, 0.29) is 5.56 Å². The summed E-state index contributed by atoms with van der Waals surface area (Å²) in [7, 11) is 0. The quantitative estimate of drug-likeness (QED) is 0.736. The molecule has 0 radical (unpaired) electrons. The second-order valence-electron chi connectivity index (χ2n) is 3.47. The average molecular weight is 253 g/mol. The van der Waals surface area contributed by atoms with Gasteiger partial charge in [0.1, 0.15) is 11.6 Å². The van der Waals surface area contributed by atoms with Crippen LogP contribution in [0.1, 0.15) is 10.4 Å². The van der Waals surface area contributed by atoms with Gasteiger partial charge >= 0.3 is 0 Å². The van der Waals surface area contributed by atoms with Gasteiger partial charge in [-0.15, -0.1) is 0 Å². The third-order valence-corrected chi connectivity index (χ3v) is 2.69. The van der Waals surface area contributed by atoms with Crippen molar-refractivity contribution in [2.24, 2.45) is 0 Å². The number of aldehydes is 1. The first-order chi connectivity index (χ1) is 8.11. The van der Waals surface area contributed by atoms with E-state index >= 15 is 0 Å². The molecule has 0 aliphatic carbocycles. The molecule has 0 aliphatic rings. The summed E-state index contributed by atoms with van der Waals surface area (Å²) in [6, 6.07) is 7.51. The van der Waals surface area contributed by atoms with E-state index in [1.807, 2.05) is 0 Å². The lowest BCUT2D eigenvalue weighted by Crippen LogP contribution is -1.91. The molecule has 0 N–H and O–H groups in total. The molecule has 0 aromatic heterocycles. The van der Waals surface area contributed by atoms with Crippen LogP contribution in [0.15, 0.2) is 36.4 Å². The molecule has 17 heavy (non-hydrogen) atoms. The van der Waals surface area contributed by atoms with Gasteiger partial charge in [-0.3, -0.25) is 4.79 Å². The van der Waals surface area contributed by atoms with Crippen molar-refractivity contribution in [2.45, 2.75) is 0 Å². The van der Waals surface area contributed by atoms with Crippen molar-refractivity contribution < 1.29 is 13.6 Å². The van der Waals surface area contributed by atoms with Crippen molar-refractivity contribution in [1.82, 2.24) is 0 Å². The van der Waals surface area contributed by atoms with E-state index < -0.39 is 11.6 Å². The Morgan fingerprint density at radius 2 is 1.59 bits per heavy atom. The molecule has 86 valence electrons. The zero-order valence-electron chi connectivity index (χ0n) is 8.58. The van der Waals surface area contributed by atoms with Gasteiger partial charge in [-0.1, -0.05) is 17.7 Å². The number of carbonyl (C=O) groups is 1. The molecule has 4 heteroatoms. The fourth-order valence-electron chi connectivity index (χ4n) is 1.58. The lowest BCUT2D eigenvalue weighted by atomic mass is 10.00. The van der Waals surface area contributed by atoms with Crippen LogP contribution in [0.4, 0.5) is 8.78 Å². The number of hydrogen-bond donors (Lipinski definition) is 0. The van der Waals surface area contributed by atoms with Gasteiger partial charge in [0, 0.05) is 16.1 Å². The predicted molar refractivity (Wildman–Crippen MR) is 62.2 cm³/mol. The van der Waals surface area contributed by atoms with E-state index in [0.29, 0.717) is 22.4 Å². The van der Waals surface area contributed by atoms with E-state index in [4.69, 9.17) is 11.6 Å². The molecule has 0 atom stereocenters. The Bertz CT molecular complexity index is 582. The van der Waals surface area contributed by atoms with Crippen molar-refractivity contribution in [3.05, 3.63) is 58.6 Å². The fraction of sp³-hybridized carbons (Fsp3) is 0. The molecule has 0 fully saturated rings. The normalized spacial score (nSPS) is 10.3. The molecule has 0 aliphatic heterocycles. The van der Waals surface area contributed by atoms with Crippen LogP contribution in [0.25, 0.3) is 11.1 Å². The summed E-state index contributed by atoms with van der Waals surface area (Å²) in [5, 5.41) is 0.307. The lowest BCUT2D eigenvalue weighted by Gasteiger charge is -2.07. The first kappa shape index (κ1) is 11.7. The minimum atomic E-state index is -0.525. The summed E-state index contributed by atoms with van der Waals surface area (Å²) in [4.78, 5) is 10.8. The summed E-state index contributed by atoms with van der Waals surface area (Å²) in [6.07, 6.45) is 0.514. The maximum absolute atomic E-state index is 13.1. The van der Waals surface area contributed by atoms with E-state index in [1.54, 1.807) is 0 Å². The Morgan fingerprint density at radius 3 is 2.29 bits per heavy atom. The van der Waals surface area contributed by atoms with E-state index in [0.717, 1.165) is 6.07 Å². The molecule has 0 bridgehead atoms. The molecule has 0 saturated carbocycles. The molecule has 2 rings (SSSR count). The highest BCUT2D eigenvalue weighted by Crippen LogP contribution is 2.30. The van der Waals surface area contributed by atoms with Gasteiger partial charge in [-0.25, -0.2) is 8.78 Å². The number of carbonyl (C=O) groups excluding carboxylic acids is 1. The van der Waals surface area contributed by atoms with Crippen molar-refractivity contribution in [3.8, 4) is 11.1 Å². The first-order valence-corrected chi connectivity index (χ1v) is 5.20. The molecular formula is C13H7ClF2O. The Balaban J connectivity index is 2.67.